The molecule has 156 valence electrons. The molecule has 1 nitrogen and oxygen atoms in total. The summed E-state index contributed by atoms with van der Waals surface area (Å²) < 4.78 is 27.5. The van der Waals surface area contributed by atoms with Crippen molar-refractivity contribution in [1.82, 2.24) is 4.90 Å². The Bertz CT molecular complexity index is 939. The molecule has 1 aliphatic rings. The highest BCUT2D eigenvalue weighted by molar-refractivity contribution is 7.98. The average Bonchev–Trinajstić information content (AvgIpc) is 2.68. The molecule has 0 aromatic heterocycles. The molecule has 0 N–H and O–H groups in total. The lowest BCUT2D eigenvalue weighted by Crippen LogP contribution is -2.50. The van der Waals surface area contributed by atoms with Crippen molar-refractivity contribution in [1.29, 1.82) is 0 Å². The Morgan fingerprint density at radius 1 is 0.800 bits per heavy atom. The van der Waals surface area contributed by atoms with Gasteiger partial charge < -0.3 is 0 Å². The van der Waals surface area contributed by atoms with Gasteiger partial charge in [0.25, 0.3) is 0 Å². The maximum Gasteiger partial charge on any atom is 0.126 e. The van der Waals surface area contributed by atoms with Crippen LogP contribution in [0, 0.1) is 17.6 Å². The number of rotatable bonds is 6. The van der Waals surface area contributed by atoms with Crippen LogP contribution in [-0.2, 0) is 0 Å². The van der Waals surface area contributed by atoms with Crippen molar-refractivity contribution >= 4 is 35.0 Å². The summed E-state index contributed by atoms with van der Waals surface area (Å²) in [5.41, 5.74) is 3.01. The summed E-state index contributed by atoms with van der Waals surface area (Å²) >= 11 is 13.8. The van der Waals surface area contributed by atoms with Crippen LogP contribution in [0.1, 0.15) is 28.0 Å². The summed E-state index contributed by atoms with van der Waals surface area (Å²) in [5.74, 6) is -0.746. The van der Waals surface area contributed by atoms with E-state index in [4.69, 9.17) is 23.2 Å². The van der Waals surface area contributed by atoms with Crippen LogP contribution < -0.4 is 0 Å². The molecule has 1 atom stereocenters. The molecule has 1 heterocycles. The van der Waals surface area contributed by atoms with Gasteiger partial charge in [-0.25, -0.2) is 8.78 Å². The van der Waals surface area contributed by atoms with Gasteiger partial charge >= 0.3 is 0 Å². The molecule has 1 unspecified atom stereocenters. The van der Waals surface area contributed by atoms with E-state index in [1.807, 2.05) is 54.8 Å². The highest BCUT2D eigenvalue weighted by Crippen LogP contribution is 2.44. The molecule has 0 aliphatic carbocycles. The van der Waals surface area contributed by atoms with Gasteiger partial charge in [0.15, 0.2) is 0 Å². The molecular weight excluding hydrogens is 443 g/mol. The first kappa shape index (κ1) is 21.6. The molecule has 1 fully saturated rings. The van der Waals surface area contributed by atoms with Crippen molar-refractivity contribution in [2.75, 3.05) is 19.3 Å². The maximum absolute atomic E-state index is 13.7. The summed E-state index contributed by atoms with van der Waals surface area (Å²) in [6.07, 6.45) is 1.99. The van der Waals surface area contributed by atoms with Crippen LogP contribution in [-0.4, -0.2) is 24.2 Å². The van der Waals surface area contributed by atoms with Crippen LogP contribution in [0.3, 0.4) is 0 Å². The van der Waals surface area contributed by atoms with Crippen LogP contribution in [0.2, 0.25) is 10.0 Å². The predicted octanol–water partition coefficient (Wildman–Crippen LogP) is 7.40. The molecule has 6 heteroatoms. The standard InChI is InChI=1S/C24H21Cl2F2NS/c1-30-24(17-10-21(27)12-22(28)11-17)18-13-29(14-18)23(15-2-6-19(25)7-3-15)16-4-8-20(26)9-5-16/h2-12,18,23-24H,13-14H2,1H3. The van der Waals surface area contributed by atoms with Gasteiger partial charge in [-0.1, -0.05) is 47.5 Å². The molecule has 3 aromatic carbocycles. The van der Waals surface area contributed by atoms with Crippen LogP contribution in [0.5, 0.6) is 0 Å². The fraction of sp³-hybridized carbons (Fsp3) is 0.250. The van der Waals surface area contributed by atoms with E-state index in [0.717, 1.165) is 30.3 Å². The summed E-state index contributed by atoms with van der Waals surface area (Å²) in [7, 11) is 0. The Labute approximate surface area is 190 Å². The molecule has 3 aromatic rings. The van der Waals surface area contributed by atoms with Gasteiger partial charge in [0.1, 0.15) is 11.6 Å². The van der Waals surface area contributed by atoms with Crippen molar-refractivity contribution in [3.63, 3.8) is 0 Å². The number of likely N-dealkylation sites (tertiary alicyclic amines) is 1. The summed E-state index contributed by atoms with van der Waals surface area (Å²) in [6.45, 7) is 1.67. The van der Waals surface area contributed by atoms with Crippen molar-refractivity contribution in [3.05, 3.63) is 105 Å². The van der Waals surface area contributed by atoms with Crippen LogP contribution in [0.15, 0.2) is 66.7 Å². The Hall–Kier alpha value is -1.59. The van der Waals surface area contributed by atoms with Gasteiger partial charge in [-0.15, -0.1) is 0 Å². The van der Waals surface area contributed by atoms with E-state index in [9.17, 15) is 8.78 Å². The van der Waals surface area contributed by atoms with E-state index in [0.29, 0.717) is 21.5 Å². The highest BCUT2D eigenvalue weighted by Gasteiger charge is 2.38. The largest absolute Gasteiger partial charge is 0.292 e. The third-order valence-electron chi connectivity index (χ3n) is 5.57. The zero-order valence-electron chi connectivity index (χ0n) is 16.4. The topological polar surface area (TPSA) is 3.24 Å². The zero-order chi connectivity index (χ0) is 21.3. The quantitative estimate of drug-likeness (QED) is 0.374. The number of hydrogen-bond donors (Lipinski definition) is 0. The SMILES string of the molecule is CSC(c1cc(F)cc(F)c1)C1CN(C(c2ccc(Cl)cc2)c2ccc(Cl)cc2)C1. The van der Waals surface area contributed by atoms with Crippen LogP contribution in [0.4, 0.5) is 8.78 Å². The van der Waals surface area contributed by atoms with E-state index < -0.39 is 11.6 Å². The molecule has 0 bridgehead atoms. The predicted molar refractivity (Wildman–Crippen MR) is 122 cm³/mol. The van der Waals surface area contributed by atoms with E-state index in [2.05, 4.69) is 4.90 Å². The van der Waals surface area contributed by atoms with Crippen LogP contribution in [0.25, 0.3) is 0 Å². The third kappa shape index (κ3) is 4.67. The Morgan fingerprint density at radius 2 is 1.27 bits per heavy atom. The summed E-state index contributed by atoms with van der Waals surface area (Å²) in [5, 5.41) is 1.44. The Balaban J connectivity index is 1.58. The Morgan fingerprint density at radius 3 is 1.70 bits per heavy atom. The Kier molecular flexibility index (Phi) is 6.69. The number of thioether (sulfide) groups is 1. The molecule has 1 aliphatic heterocycles. The number of benzene rings is 3. The van der Waals surface area contributed by atoms with Gasteiger partial charge in [0.05, 0.1) is 6.04 Å². The number of hydrogen-bond acceptors (Lipinski definition) is 2. The minimum Gasteiger partial charge on any atom is -0.292 e. The zero-order valence-corrected chi connectivity index (χ0v) is 18.7. The lowest BCUT2D eigenvalue weighted by Gasteiger charge is -2.47. The first-order chi connectivity index (χ1) is 14.4. The van der Waals surface area contributed by atoms with Gasteiger partial charge in [0.2, 0.25) is 0 Å². The second kappa shape index (κ2) is 9.27. The van der Waals surface area contributed by atoms with Gasteiger partial charge in [-0.3, -0.25) is 4.90 Å². The fourth-order valence-electron chi connectivity index (χ4n) is 4.20. The van der Waals surface area contributed by atoms with E-state index in [1.54, 1.807) is 11.8 Å². The van der Waals surface area contributed by atoms with Crippen LogP contribution >= 0.6 is 35.0 Å². The van der Waals surface area contributed by atoms with E-state index in [-0.39, 0.29) is 11.3 Å². The molecule has 0 amide bonds. The summed E-state index contributed by atoms with van der Waals surface area (Å²) in [6, 6.07) is 19.7. The van der Waals surface area contributed by atoms with Crippen molar-refractivity contribution < 1.29 is 8.78 Å². The molecule has 30 heavy (non-hydrogen) atoms. The summed E-state index contributed by atoms with van der Waals surface area (Å²) in [4.78, 5) is 2.38. The third-order valence-corrected chi connectivity index (χ3v) is 7.24. The minimum atomic E-state index is -0.527. The molecule has 0 radical (unpaired) electrons. The monoisotopic (exact) mass is 463 g/mol. The van der Waals surface area contributed by atoms with Crippen molar-refractivity contribution in [2.45, 2.75) is 11.3 Å². The minimum absolute atomic E-state index is 0.0440. The first-order valence-electron chi connectivity index (χ1n) is 9.68. The van der Waals surface area contributed by atoms with E-state index in [1.165, 1.54) is 12.1 Å². The average molecular weight is 464 g/mol. The van der Waals surface area contributed by atoms with Crippen molar-refractivity contribution in [3.8, 4) is 0 Å². The lowest BCUT2D eigenvalue weighted by molar-refractivity contribution is 0.0670. The second-order valence-electron chi connectivity index (χ2n) is 7.58. The normalized spacial score (nSPS) is 15.9. The molecule has 1 saturated heterocycles. The molecular formula is C24H21Cl2F2NS. The maximum atomic E-state index is 13.7. The number of nitrogens with zero attached hydrogens (tertiary/aromatic N) is 1. The number of halogens is 4. The van der Waals surface area contributed by atoms with Gasteiger partial charge in [-0.05, 0) is 59.3 Å². The smallest absolute Gasteiger partial charge is 0.126 e. The molecule has 0 spiro atoms. The molecule has 4 rings (SSSR count). The lowest BCUT2D eigenvalue weighted by atomic mass is 9.86. The van der Waals surface area contributed by atoms with E-state index >= 15 is 0 Å². The molecule has 0 saturated carbocycles. The van der Waals surface area contributed by atoms with Gasteiger partial charge in [0, 0.05) is 40.4 Å². The first-order valence-corrected chi connectivity index (χ1v) is 11.7. The highest BCUT2D eigenvalue weighted by atomic mass is 35.5. The van der Waals surface area contributed by atoms with Crippen molar-refractivity contribution in [2.24, 2.45) is 5.92 Å². The second-order valence-corrected chi connectivity index (χ2v) is 9.43. The van der Waals surface area contributed by atoms with Gasteiger partial charge in [-0.2, -0.15) is 11.8 Å². The fourth-order valence-corrected chi connectivity index (χ4v) is 5.41.